The molecule has 0 spiro atoms. The molecule has 0 unspecified atom stereocenters. The third-order valence-electron chi connectivity index (χ3n) is 9.07. The number of hydrogen-bond acceptors (Lipinski definition) is 5. The molecule has 2 aromatic rings. The zero-order chi connectivity index (χ0) is 29.9. The van der Waals surface area contributed by atoms with Crippen molar-refractivity contribution >= 4 is 22.7 Å². The van der Waals surface area contributed by atoms with E-state index in [1.807, 2.05) is 24.8 Å². The van der Waals surface area contributed by atoms with Crippen molar-refractivity contribution < 1.29 is 28.2 Å². The van der Waals surface area contributed by atoms with Gasteiger partial charge in [-0.3, -0.25) is 9.59 Å². The summed E-state index contributed by atoms with van der Waals surface area (Å²) >= 11 is 0. The molecule has 9 heteroatoms. The molecule has 0 radical (unpaired) electrons. The Hall–Kier alpha value is -2.49. The fourth-order valence-corrected chi connectivity index (χ4v) is 6.42. The van der Waals surface area contributed by atoms with Gasteiger partial charge >= 0.3 is 0 Å². The van der Waals surface area contributed by atoms with Gasteiger partial charge in [-0.1, -0.05) is 33.1 Å². The van der Waals surface area contributed by atoms with E-state index in [1.54, 1.807) is 13.2 Å². The Balaban J connectivity index is 1.45. The Morgan fingerprint density at radius 1 is 1.02 bits per heavy atom. The van der Waals surface area contributed by atoms with Crippen LogP contribution in [-0.2, 0) is 36.8 Å². The van der Waals surface area contributed by atoms with E-state index < -0.39 is 6.04 Å². The largest absolute Gasteiger partial charge is 0.382 e. The van der Waals surface area contributed by atoms with Crippen LogP contribution in [0.15, 0.2) is 24.4 Å². The summed E-state index contributed by atoms with van der Waals surface area (Å²) in [4.78, 5) is 29.1. The molecule has 4 rings (SSSR count). The smallest absolute Gasteiger partial charge is 0.245 e. The van der Waals surface area contributed by atoms with Crippen molar-refractivity contribution in [2.24, 2.45) is 11.8 Å². The molecule has 1 aromatic heterocycles. The number of ether oxygens (including phenoxy) is 3. The highest BCUT2D eigenvalue weighted by Gasteiger charge is 2.38. The number of nitrogens with zero attached hydrogens (tertiary/aromatic N) is 2. The molecule has 1 saturated heterocycles. The van der Waals surface area contributed by atoms with Crippen molar-refractivity contribution in [3.05, 3.63) is 35.8 Å². The van der Waals surface area contributed by atoms with Crippen molar-refractivity contribution in [2.45, 2.75) is 90.3 Å². The maximum Gasteiger partial charge on any atom is 0.245 e. The second-order valence-electron chi connectivity index (χ2n) is 12.0. The van der Waals surface area contributed by atoms with Gasteiger partial charge in [-0.05, 0) is 68.2 Å². The summed E-state index contributed by atoms with van der Waals surface area (Å²) in [5.41, 5.74) is 1.94. The Morgan fingerprint density at radius 2 is 1.76 bits per heavy atom. The predicted octanol–water partition coefficient (Wildman–Crippen LogP) is 5.10. The number of carbonyl (C=O) groups excluding carboxylic acids is 2. The van der Waals surface area contributed by atoms with E-state index in [9.17, 15) is 14.0 Å². The molecule has 2 amide bonds. The lowest BCUT2D eigenvalue weighted by Crippen LogP contribution is -2.54. The molecule has 1 N–H and O–H groups in total. The molecule has 3 atom stereocenters. The van der Waals surface area contributed by atoms with E-state index in [-0.39, 0.29) is 35.5 Å². The summed E-state index contributed by atoms with van der Waals surface area (Å²) in [7, 11) is 1.64. The normalized spacial score (nSPS) is 19.3. The first-order valence-corrected chi connectivity index (χ1v) is 16.0. The first kappa shape index (κ1) is 32.4. The van der Waals surface area contributed by atoms with Crippen molar-refractivity contribution in [1.82, 2.24) is 14.8 Å². The van der Waals surface area contributed by atoms with E-state index in [0.29, 0.717) is 52.5 Å². The molecule has 234 valence electrons. The van der Waals surface area contributed by atoms with Crippen molar-refractivity contribution in [3.8, 4) is 0 Å². The summed E-state index contributed by atoms with van der Waals surface area (Å²) in [6.07, 6.45) is 10.8. The average molecular weight is 588 g/mol. The average Bonchev–Trinajstić information content (AvgIpc) is 3.61. The minimum absolute atomic E-state index is 0.0222. The molecular weight excluding hydrogens is 537 g/mol. The highest BCUT2D eigenvalue weighted by atomic mass is 19.1. The Labute approximate surface area is 250 Å². The Morgan fingerprint density at radius 3 is 2.50 bits per heavy atom. The minimum Gasteiger partial charge on any atom is -0.382 e. The summed E-state index contributed by atoms with van der Waals surface area (Å²) in [5, 5.41) is 4.19. The maximum absolute atomic E-state index is 14.3. The van der Waals surface area contributed by atoms with Crippen LogP contribution in [0.2, 0.25) is 0 Å². The summed E-state index contributed by atoms with van der Waals surface area (Å²) in [6, 6.07) is 4.52. The van der Waals surface area contributed by atoms with Crippen LogP contribution in [0.3, 0.4) is 0 Å². The monoisotopic (exact) mass is 587 g/mol. The van der Waals surface area contributed by atoms with Gasteiger partial charge in [-0.15, -0.1) is 0 Å². The lowest BCUT2D eigenvalue weighted by atomic mass is 9.83. The SMILES string of the molecule is CC[C@@H](C)C(=O)N[C@H](C(=O)N1CCC[C@H]1Cc1cn(CCOCCOCCOC)c2cc(F)ccc12)C1CCCCC1. The van der Waals surface area contributed by atoms with E-state index in [1.165, 1.54) is 12.5 Å². The van der Waals surface area contributed by atoms with Gasteiger partial charge in [0.1, 0.15) is 11.9 Å². The zero-order valence-corrected chi connectivity index (χ0v) is 25.7. The van der Waals surface area contributed by atoms with Gasteiger partial charge in [-0.2, -0.15) is 0 Å². The molecule has 0 bridgehead atoms. The second kappa shape index (κ2) is 16.4. The van der Waals surface area contributed by atoms with Gasteiger partial charge in [0.25, 0.3) is 0 Å². The number of carbonyl (C=O) groups is 2. The van der Waals surface area contributed by atoms with Crippen molar-refractivity contribution in [1.29, 1.82) is 0 Å². The van der Waals surface area contributed by atoms with E-state index >= 15 is 0 Å². The van der Waals surface area contributed by atoms with Gasteiger partial charge < -0.3 is 29.0 Å². The number of methoxy groups -OCH3 is 1. The number of fused-ring (bicyclic) bond motifs is 1. The zero-order valence-electron chi connectivity index (χ0n) is 25.7. The molecule has 1 aliphatic carbocycles. The molecule has 42 heavy (non-hydrogen) atoms. The van der Waals surface area contributed by atoms with Crippen LogP contribution in [0.1, 0.15) is 70.8 Å². The first-order valence-electron chi connectivity index (χ1n) is 16.0. The first-order chi connectivity index (χ1) is 20.4. The van der Waals surface area contributed by atoms with Crippen LogP contribution in [0.25, 0.3) is 10.9 Å². The van der Waals surface area contributed by atoms with Crippen LogP contribution in [0.4, 0.5) is 4.39 Å². The fourth-order valence-electron chi connectivity index (χ4n) is 6.42. The highest BCUT2D eigenvalue weighted by Crippen LogP contribution is 2.32. The standard InChI is InChI=1S/C33H50FN3O5/c1-4-24(2)32(38)35-31(25-9-6-5-7-10-25)33(39)37-14-8-11-28(37)21-26-23-36(30-22-27(34)12-13-29(26)30)15-16-41-19-20-42-18-17-40-3/h12-13,22-25,28,31H,4-11,14-21H2,1-3H3,(H,35,38)/t24-,28+,31+/m1/s1. The molecule has 1 aliphatic heterocycles. The number of likely N-dealkylation sites (tertiary alicyclic amines) is 1. The molecule has 1 aromatic carbocycles. The number of aromatic nitrogens is 1. The van der Waals surface area contributed by atoms with Gasteiger partial charge in [0.15, 0.2) is 0 Å². The van der Waals surface area contributed by atoms with Gasteiger partial charge in [0.05, 0.1) is 38.6 Å². The lowest BCUT2D eigenvalue weighted by Gasteiger charge is -2.35. The lowest BCUT2D eigenvalue weighted by molar-refractivity contribution is -0.140. The number of nitrogens with one attached hydrogen (secondary N) is 1. The Bertz CT molecular complexity index is 1150. The molecule has 2 fully saturated rings. The third kappa shape index (κ3) is 8.54. The molecule has 2 aliphatic rings. The minimum atomic E-state index is -0.460. The van der Waals surface area contributed by atoms with Gasteiger partial charge in [-0.25, -0.2) is 4.39 Å². The van der Waals surface area contributed by atoms with Gasteiger partial charge in [0, 0.05) is 43.7 Å². The maximum atomic E-state index is 14.3. The Kier molecular flexibility index (Phi) is 12.6. The quantitative estimate of drug-likeness (QED) is 0.276. The second-order valence-corrected chi connectivity index (χ2v) is 12.0. The number of hydrogen-bond donors (Lipinski definition) is 1. The van der Waals surface area contributed by atoms with Crippen LogP contribution < -0.4 is 5.32 Å². The van der Waals surface area contributed by atoms with Crippen LogP contribution in [-0.4, -0.2) is 80.1 Å². The van der Waals surface area contributed by atoms with Crippen LogP contribution >= 0.6 is 0 Å². The summed E-state index contributed by atoms with van der Waals surface area (Å²) in [5.74, 6) is -0.151. The highest BCUT2D eigenvalue weighted by molar-refractivity contribution is 5.89. The molecule has 8 nitrogen and oxygen atoms in total. The van der Waals surface area contributed by atoms with Crippen molar-refractivity contribution in [2.75, 3.05) is 46.7 Å². The molecular formula is C33H50FN3O5. The fraction of sp³-hybridized carbons (Fsp3) is 0.697. The molecule has 2 heterocycles. The number of benzene rings is 1. The van der Waals surface area contributed by atoms with Crippen LogP contribution in [0.5, 0.6) is 0 Å². The number of amides is 2. The summed E-state index contributed by atoms with van der Waals surface area (Å²) < 4.78 is 32.5. The number of rotatable bonds is 16. The van der Waals surface area contributed by atoms with E-state index in [4.69, 9.17) is 14.2 Å². The van der Waals surface area contributed by atoms with E-state index in [2.05, 4.69) is 16.1 Å². The molecule has 1 saturated carbocycles. The summed E-state index contributed by atoms with van der Waals surface area (Å²) in [6.45, 7) is 7.80. The number of halogens is 1. The third-order valence-corrected chi connectivity index (χ3v) is 9.07. The predicted molar refractivity (Wildman–Crippen MR) is 162 cm³/mol. The van der Waals surface area contributed by atoms with Crippen molar-refractivity contribution in [3.63, 3.8) is 0 Å². The van der Waals surface area contributed by atoms with Gasteiger partial charge in [0.2, 0.25) is 11.8 Å². The topological polar surface area (TPSA) is 82.0 Å². The van der Waals surface area contributed by atoms with Crippen LogP contribution in [0, 0.1) is 17.7 Å². The van der Waals surface area contributed by atoms with E-state index in [0.717, 1.165) is 61.4 Å².